The molecule has 18 heavy (non-hydrogen) atoms. The fraction of sp³-hybridized carbons (Fsp3) is 0.600. The average molecular weight is 250 g/mol. The smallest absolute Gasteiger partial charge is 0.125 e. The Morgan fingerprint density at radius 3 is 2.39 bits per heavy atom. The largest absolute Gasteiger partial charge is 0.496 e. The summed E-state index contributed by atoms with van der Waals surface area (Å²) in [6, 6.07) is 7.01. The maximum absolute atomic E-state index is 5.52. The summed E-state index contributed by atoms with van der Waals surface area (Å²) in [6.07, 6.45) is 0. The van der Waals surface area contributed by atoms with Gasteiger partial charge in [0.05, 0.1) is 7.11 Å². The molecule has 102 valence electrons. The van der Waals surface area contributed by atoms with Gasteiger partial charge in [-0.2, -0.15) is 0 Å². The number of hydrogen-bond donors (Lipinski definition) is 1. The molecule has 1 rings (SSSR count). The monoisotopic (exact) mass is 250 g/mol. The topological polar surface area (TPSA) is 24.5 Å². The van der Waals surface area contributed by atoms with Crippen molar-refractivity contribution in [3.63, 3.8) is 0 Å². The van der Waals surface area contributed by atoms with Crippen molar-refractivity contribution >= 4 is 5.69 Å². The SMILES string of the molecule is CCN(c1cccc(OC)c1C(C)NC)C(C)C. The van der Waals surface area contributed by atoms with Crippen molar-refractivity contribution < 1.29 is 4.74 Å². The Kier molecular flexibility index (Phi) is 5.48. The lowest BCUT2D eigenvalue weighted by atomic mass is 10.0. The van der Waals surface area contributed by atoms with Gasteiger partial charge in [-0.05, 0) is 46.9 Å². The van der Waals surface area contributed by atoms with Gasteiger partial charge in [0.1, 0.15) is 5.75 Å². The van der Waals surface area contributed by atoms with Crippen LogP contribution >= 0.6 is 0 Å². The van der Waals surface area contributed by atoms with Gasteiger partial charge in [0.15, 0.2) is 0 Å². The molecule has 0 aromatic heterocycles. The molecule has 0 bridgehead atoms. The number of nitrogens with zero attached hydrogens (tertiary/aromatic N) is 1. The lowest BCUT2D eigenvalue weighted by Gasteiger charge is -2.32. The molecular formula is C15H26N2O. The molecule has 3 nitrogen and oxygen atoms in total. The molecule has 0 fully saturated rings. The Morgan fingerprint density at radius 1 is 1.28 bits per heavy atom. The standard InChI is InChI=1S/C15H26N2O/c1-7-17(11(2)3)13-9-8-10-14(18-6)15(13)12(4)16-5/h8-12,16H,7H2,1-6H3. The van der Waals surface area contributed by atoms with E-state index in [0.717, 1.165) is 12.3 Å². The van der Waals surface area contributed by atoms with Crippen LogP contribution in [-0.4, -0.2) is 26.7 Å². The van der Waals surface area contributed by atoms with Gasteiger partial charge < -0.3 is 15.0 Å². The summed E-state index contributed by atoms with van der Waals surface area (Å²) in [5.74, 6) is 0.952. The minimum absolute atomic E-state index is 0.268. The predicted molar refractivity (Wildman–Crippen MR) is 78.6 cm³/mol. The van der Waals surface area contributed by atoms with E-state index in [-0.39, 0.29) is 6.04 Å². The summed E-state index contributed by atoms with van der Waals surface area (Å²) in [4.78, 5) is 2.39. The van der Waals surface area contributed by atoms with Gasteiger partial charge in [-0.25, -0.2) is 0 Å². The van der Waals surface area contributed by atoms with Gasteiger partial charge in [0.25, 0.3) is 0 Å². The van der Waals surface area contributed by atoms with Crippen LogP contribution in [0.2, 0.25) is 0 Å². The van der Waals surface area contributed by atoms with Gasteiger partial charge in [-0.1, -0.05) is 6.07 Å². The highest BCUT2D eigenvalue weighted by Gasteiger charge is 2.19. The van der Waals surface area contributed by atoms with Crippen LogP contribution in [0.5, 0.6) is 5.75 Å². The minimum atomic E-state index is 0.268. The average Bonchev–Trinajstić information content (AvgIpc) is 2.37. The first-order valence-electron chi connectivity index (χ1n) is 6.67. The van der Waals surface area contributed by atoms with Crippen LogP contribution in [0.1, 0.15) is 39.3 Å². The maximum atomic E-state index is 5.52. The maximum Gasteiger partial charge on any atom is 0.125 e. The summed E-state index contributed by atoms with van der Waals surface area (Å²) in [7, 11) is 3.71. The third-order valence-electron chi connectivity index (χ3n) is 3.40. The Bertz CT molecular complexity index is 377. The van der Waals surface area contributed by atoms with Crippen molar-refractivity contribution in [2.75, 3.05) is 25.6 Å². The molecule has 0 aliphatic rings. The van der Waals surface area contributed by atoms with E-state index < -0.39 is 0 Å². The van der Waals surface area contributed by atoms with E-state index in [0.29, 0.717) is 6.04 Å². The zero-order valence-electron chi connectivity index (χ0n) is 12.4. The summed E-state index contributed by atoms with van der Waals surface area (Å²) >= 11 is 0. The fourth-order valence-corrected chi connectivity index (χ4v) is 2.35. The van der Waals surface area contributed by atoms with Gasteiger partial charge in [-0.15, -0.1) is 0 Å². The molecule has 1 N–H and O–H groups in total. The number of anilines is 1. The molecule has 0 heterocycles. The Labute approximate surface area is 111 Å². The van der Waals surface area contributed by atoms with E-state index in [1.807, 2.05) is 13.1 Å². The predicted octanol–water partition coefficient (Wildman–Crippen LogP) is 3.21. The van der Waals surface area contributed by atoms with Gasteiger partial charge >= 0.3 is 0 Å². The van der Waals surface area contributed by atoms with Gasteiger partial charge in [0, 0.05) is 29.9 Å². The minimum Gasteiger partial charge on any atom is -0.496 e. The lowest BCUT2D eigenvalue weighted by molar-refractivity contribution is 0.403. The molecule has 0 spiro atoms. The molecule has 0 saturated carbocycles. The zero-order valence-corrected chi connectivity index (χ0v) is 12.4. The third-order valence-corrected chi connectivity index (χ3v) is 3.40. The third kappa shape index (κ3) is 2.96. The fourth-order valence-electron chi connectivity index (χ4n) is 2.35. The highest BCUT2D eigenvalue weighted by atomic mass is 16.5. The van der Waals surface area contributed by atoms with Crippen molar-refractivity contribution in [1.82, 2.24) is 5.32 Å². The van der Waals surface area contributed by atoms with Crippen LogP contribution in [0.3, 0.4) is 0 Å². The Hall–Kier alpha value is -1.22. The first-order chi connectivity index (χ1) is 8.56. The number of rotatable bonds is 6. The van der Waals surface area contributed by atoms with Crippen LogP contribution < -0.4 is 15.0 Å². The van der Waals surface area contributed by atoms with E-state index in [2.05, 4.69) is 50.0 Å². The van der Waals surface area contributed by atoms with E-state index in [1.54, 1.807) is 7.11 Å². The summed E-state index contributed by atoms with van der Waals surface area (Å²) < 4.78 is 5.52. The van der Waals surface area contributed by atoms with Crippen molar-refractivity contribution in [3.8, 4) is 5.75 Å². The first-order valence-corrected chi connectivity index (χ1v) is 6.67. The quantitative estimate of drug-likeness (QED) is 0.839. The second-order valence-corrected chi connectivity index (χ2v) is 4.78. The zero-order chi connectivity index (χ0) is 13.7. The van der Waals surface area contributed by atoms with E-state index in [9.17, 15) is 0 Å². The molecule has 3 heteroatoms. The lowest BCUT2D eigenvalue weighted by Crippen LogP contribution is -2.32. The summed E-state index contributed by atoms with van der Waals surface area (Å²) in [5.41, 5.74) is 2.49. The molecule has 1 atom stereocenters. The van der Waals surface area contributed by atoms with Crippen molar-refractivity contribution in [1.29, 1.82) is 0 Å². The molecular weight excluding hydrogens is 224 g/mol. The first kappa shape index (κ1) is 14.8. The van der Waals surface area contributed by atoms with Crippen LogP contribution in [0.25, 0.3) is 0 Å². The van der Waals surface area contributed by atoms with Crippen LogP contribution in [0.15, 0.2) is 18.2 Å². The number of nitrogens with one attached hydrogen (secondary N) is 1. The van der Waals surface area contributed by atoms with E-state index in [1.165, 1.54) is 11.3 Å². The molecule has 0 saturated heterocycles. The van der Waals surface area contributed by atoms with Crippen molar-refractivity contribution in [2.24, 2.45) is 0 Å². The Morgan fingerprint density at radius 2 is 1.94 bits per heavy atom. The Balaban J connectivity index is 3.33. The van der Waals surface area contributed by atoms with Crippen LogP contribution in [0, 0.1) is 0 Å². The van der Waals surface area contributed by atoms with E-state index >= 15 is 0 Å². The molecule has 0 radical (unpaired) electrons. The number of hydrogen-bond acceptors (Lipinski definition) is 3. The summed E-state index contributed by atoms with van der Waals surface area (Å²) in [5, 5.41) is 3.31. The normalized spacial score (nSPS) is 12.6. The molecule has 1 aromatic rings. The second-order valence-electron chi connectivity index (χ2n) is 4.78. The number of benzene rings is 1. The second kappa shape index (κ2) is 6.64. The summed E-state index contributed by atoms with van der Waals surface area (Å²) in [6.45, 7) is 9.78. The van der Waals surface area contributed by atoms with Gasteiger partial charge in [0.2, 0.25) is 0 Å². The number of ether oxygens (including phenoxy) is 1. The highest BCUT2D eigenvalue weighted by molar-refractivity contribution is 5.61. The van der Waals surface area contributed by atoms with Crippen LogP contribution in [-0.2, 0) is 0 Å². The van der Waals surface area contributed by atoms with Gasteiger partial charge in [-0.3, -0.25) is 0 Å². The van der Waals surface area contributed by atoms with Crippen LogP contribution in [0.4, 0.5) is 5.69 Å². The molecule has 1 unspecified atom stereocenters. The van der Waals surface area contributed by atoms with Crippen molar-refractivity contribution in [2.45, 2.75) is 39.8 Å². The highest BCUT2D eigenvalue weighted by Crippen LogP contribution is 2.35. The van der Waals surface area contributed by atoms with E-state index in [4.69, 9.17) is 4.74 Å². The molecule has 0 aliphatic heterocycles. The molecule has 0 aliphatic carbocycles. The number of methoxy groups -OCH3 is 1. The molecule has 1 aromatic carbocycles. The molecule has 0 amide bonds. The van der Waals surface area contributed by atoms with Crippen molar-refractivity contribution in [3.05, 3.63) is 23.8 Å².